The monoisotopic (exact) mass is 264 g/mol. The highest BCUT2D eigenvalue weighted by Crippen LogP contribution is 2.30. The summed E-state index contributed by atoms with van der Waals surface area (Å²) in [4.78, 5) is 2.32. The zero-order chi connectivity index (χ0) is 13.9. The minimum Gasteiger partial charge on any atom is -0.491 e. The number of benzene rings is 1. The molecule has 0 amide bonds. The average Bonchev–Trinajstić information content (AvgIpc) is 2.36. The summed E-state index contributed by atoms with van der Waals surface area (Å²) in [7, 11) is 0. The third-order valence-corrected chi connectivity index (χ3v) is 3.25. The fourth-order valence-electron chi connectivity index (χ4n) is 2.29. The molecular weight excluding hydrogens is 240 g/mol. The van der Waals surface area contributed by atoms with Crippen molar-refractivity contribution in [1.82, 2.24) is 0 Å². The average molecular weight is 264 g/mol. The van der Waals surface area contributed by atoms with Crippen LogP contribution in [-0.2, 0) is 4.74 Å². The van der Waals surface area contributed by atoms with Crippen molar-refractivity contribution in [3.8, 4) is 5.75 Å². The van der Waals surface area contributed by atoms with E-state index in [1.807, 2.05) is 12.1 Å². The van der Waals surface area contributed by atoms with Gasteiger partial charge in [0.25, 0.3) is 0 Å². The molecule has 0 radical (unpaired) electrons. The third-order valence-electron chi connectivity index (χ3n) is 3.25. The molecule has 1 heterocycles. The van der Waals surface area contributed by atoms with E-state index in [1.54, 1.807) is 0 Å². The van der Waals surface area contributed by atoms with E-state index in [-0.39, 0.29) is 5.60 Å². The van der Waals surface area contributed by atoms with Crippen molar-refractivity contribution in [2.24, 2.45) is 0 Å². The molecule has 0 atom stereocenters. The highest BCUT2D eigenvalue weighted by Gasteiger charge is 2.27. The highest BCUT2D eigenvalue weighted by molar-refractivity contribution is 5.62. The lowest BCUT2D eigenvalue weighted by molar-refractivity contribution is -0.0277. The van der Waals surface area contributed by atoms with E-state index in [1.165, 1.54) is 0 Å². The second kappa shape index (κ2) is 5.70. The first kappa shape index (κ1) is 14.0. The van der Waals surface area contributed by atoms with Crippen molar-refractivity contribution >= 4 is 11.4 Å². The van der Waals surface area contributed by atoms with Gasteiger partial charge in [-0.3, -0.25) is 0 Å². The van der Waals surface area contributed by atoms with Crippen molar-refractivity contribution < 1.29 is 9.47 Å². The van der Waals surface area contributed by atoms with Gasteiger partial charge in [-0.1, -0.05) is 6.92 Å². The molecular formula is C15H24N2O2. The zero-order valence-corrected chi connectivity index (χ0v) is 12.1. The zero-order valence-electron chi connectivity index (χ0n) is 12.1. The molecule has 0 aromatic heterocycles. The number of rotatable bonds is 4. The summed E-state index contributed by atoms with van der Waals surface area (Å²) in [5.41, 5.74) is 7.69. The topological polar surface area (TPSA) is 47.7 Å². The first-order valence-electron chi connectivity index (χ1n) is 6.93. The second-order valence-electron chi connectivity index (χ2n) is 5.60. The minimum atomic E-state index is -0.107. The number of ether oxygens (including phenoxy) is 2. The molecule has 4 nitrogen and oxygen atoms in total. The van der Waals surface area contributed by atoms with Crippen molar-refractivity contribution in [3.05, 3.63) is 18.2 Å². The summed E-state index contributed by atoms with van der Waals surface area (Å²) in [5, 5.41) is 0. The van der Waals surface area contributed by atoms with Crippen LogP contribution in [0.3, 0.4) is 0 Å². The maximum Gasteiger partial charge on any atom is 0.144 e. The number of morpholine rings is 1. The lowest BCUT2D eigenvalue weighted by Gasteiger charge is -2.39. The SMILES string of the molecule is CCCOc1cc(N2CCOC(C)(C)C2)ccc1N. The molecule has 4 heteroatoms. The molecule has 0 bridgehead atoms. The molecule has 106 valence electrons. The fourth-order valence-corrected chi connectivity index (χ4v) is 2.29. The Morgan fingerprint density at radius 2 is 2.21 bits per heavy atom. The Morgan fingerprint density at radius 3 is 2.89 bits per heavy atom. The van der Waals surface area contributed by atoms with Gasteiger partial charge in [-0.15, -0.1) is 0 Å². The van der Waals surface area contributed by atoms with Crippen molar-refractivity contribution in [1.29, 1.82) is 0 Å². The number of nitrogens with two attached hydrogens (primary N) is 1. The maximum atomic E-state index is 5.94. The Kier molecular flexibility index (Phi) is 4.20. The molecule has 1 aromatic carbocycles. The van der Waals surface area contributed by atoms with E-state index < -0.39 is 0 Å². The molecule has 1 saturated heterocycles. The molecule has 0 unspecified atom stereocenters. The molecule has 2 rings (SSSR count). The van der Waals surface area contributed by atoms with Gasteiger partial charge in [0, 0.05) is 24.8 Å². The Labute approximate surface area is 115 Å². The van der Waals surface area contributed by atoms with Crippen LogP contribution in [0, 0.1) is 0 Å². The lowest BCUT2D eigenvalue weighted by atomic mass is 10.1. The van der Waals surface area contributed by atoms with Crippen LogP contribution >= 0.6 is 0 Å². The number of nitrogens with zero attached hydrogens (tertiary/aromatic N) is 1. The Hall–Kier alpha value is -1.42. The van der Waals surface area contributed by atoms with Crippen molar-refractivity contribution in [3.63, 3.8) is 0 Å². The Balaban J connectivity index is 2.15. The van der Waals surface area contributed by atoms with Crippen molar-refractivity contribution in [2.45, 2.75) is 32.8 Å². The van der Waals surface area contributed by atoms with Gasteiger partial charge in [0.1, 0.15) is 5.75 Å². The molecule has 0 spiro atoms. The number of anilines is 2. The summed E-state index contributed by atoms with van der Waals surface area (Å²) in [6.45, 7) is 9.55. The van der Waals surface area contributed by atoms with Gasteiger partial charge >= 0.3 is 0 Å². The molecule has 0 saturated carbocycles. The van der Waals surface area contributed by atoms with E-state index in [0.29, 0.717) is 12.3 Å². The van der Waals surface area contributed by atoms with E-state index in [2.05, 4.69) is 31.7 Å². The van der Waals surface area contributed by atoms with Crippen LogP contribution in [0.4, 0.5) is 11.4 Å². The normalized spacial score (nSPS) is 18.4. The van der Waals surface area contributed by atoms with Gasteiger partial charge < -0.3 is 20.1 Å². The van der Waals surface area contributed by atoms with Crippen LogP contribution in [-0.4, -0.2) is 31.9 Å². The third kappa shape index (κ3) is 3.53. The summed E-state index contributed by atoms with van der Waals surface area (Å²) < 4.78 is 11.4. The van der Waals surface area contributed by atoms with Crippen molar-refractivity contribution in [2.75, 3.05) is 36.9 Å². The quantitative estimate of drug-likeness (QED) is 0.849. The van der Waals surface area contributed by atoms with E-state index in [0.717, 1.165) is 37.6 Å². The standard InChI is InChI=1S/C15H24N2O2/c1-4-8-18-14-10-12(5-6-13(14)16)17-7-9-19-15(2,3)11-17/h5-6,10H,4,7-9,11,16H2,1-3H3. The van der Waals surface area contributed by atoms with Crippen LogP contribution in [0.1, 0.15) is 27.2 Å². The minimum absolute atomic E-state index is 0.107. The smallest absolute Gasteiger partial charge is 0.144 e. The Morgan fingerprint density at radius 1 is 1.42 bits per heavy atom. The van der Waals surface area contributed by atoms with Crippen LogP contribution in [0.2, 0.25) is 0 Å². The van der Waals surface area contributed by atoms with E-state index in [9.17, 15) is 0 Å². The van der Waals surface area contributed by atoms with Gasteiger partial charge in [0.05, 0.1) is 24.5 Å². The number of nitrogen functional groups attached to an aromatic ring is 1. The van der Waals surface area contributed by atoms with E-state index >= 15 is 0 Å². The molecule has 0 aliphatic carbocycles. The highest BCUT2D eigenvalue weighted by atomic mass is 16.5. The first-order valence-corrected chi connectivity index (χ1v) is 6.93. The predicted octanol–water partition coefficient (Wildman–Crippen LogP) is 2.67. The molecule has 1 fully saturated rings. The summed E-state index contributed by atoms with van der Waals surface area (Å²) in [5.74, 6) is 0.781. The molecule has 19 heavy (non-hydrogen) atoms. The predicted molar refractivity (Wildman–Crippen MR) is 78.9 cm³/mol. The van der Waals surface area contributed by atoms with Gasteiger partial charge in [-0.05, 0) is 32.4 Å². The summed E-state index contributed by atoms with van der Waals surface area (Å²) in [6.07, 6.45) is 0.980. The fraction of sp³-hybridized carbons (Fsp3) is 0.600. The first-order chi connectivity index (χ1) is 9.02. The van der Waals surface area contributed by atoms with Gasteiger partial charge in [-0.2, -0.15) is 0 Å². The second-order valence-corrected chi connectivity index (χ2v) is 5.60. The van der Waals surface area contributed by atoms with Gasteiger partial charge in [0.15, 0.2) is 0 Å². The molecule has 1 aromatic rings. The van der Waals surface area contributed by atoms with Crippen LogP contribution in [0.15, 0.2) is 18.2 Å². The Bertz CT molecular complexity index is 432. The van der Waals surface area contributed by atoms with Crippen LogP contribution in [0.5, 0.6) is 5.75 Å². The largest absolute Gasteiger partial charge is 0.491 e. The molecule has 1 aliphatic rings. The summed E-state index contributed by atoms with van der Waals surface area (Å²) in [6, 6.07) is 6.00. The van der Waals surface area contributed by atoms with Gasteiger partial charge in [0.2, 0.25) is 0 Å². The van der Waals surface area contributed by atoms with Crippen LogP contribution in [0.25, 0.3) is 0 Å². The van der Waals surface area contributed by atoms with E-state index in [4.69, 9.17) is 15.2 Å². The summed E-state index contributed by atoms with van der Waals surface area (Å²) >= 11 is 0. The molecule has 2 N–H and O–H groups in total. The van der Waals surface area contributed by atoms with Crippen LogP contribution < -0.4 is 15.4 Å². The molecule has 1 aliphatic heterocycles. The lowest BCUT2D eigenvalue weighted by Crippen LogP contribution is -2.48. The maximum absolute atomic E-state index is 5.94. The number of hydrogen-bond donors (Lipinski definition) is 1. The van der Waals surface area contributed by atoms with Gasteiger partial charge in [-0.25, -0.2) is 0 Å². The number of hydrogen-bond acceptors (Lipinski definition) is 4.